The Morgan fingerprint density at radius 2 is 1.93 bits per heavy atom. The van der Waals surface area contributed by atoms with Crippen molar-refractivity contribution >= 4 is 0 Å². The minimum absolute atomic E-state index is 0.250. The first-order valence-corrected chi connectivity index (χ1v) is 5.60. The molecule has 1 heterocycles. The fraction of sp³-hybridized carbons (Fsp3) is 0.538. The lowest BCUT2D eigenvalue weighted by molar-refractivity contribution is 0.205. The molecule has 2 atom stereocenters. The molecule has 0 amide bonds. The van der Waals surface area contributed by atoms with Gasteiger partial charge in [-0.2, -0.15) is 0 Å². The molecule has 1 aromatic carbocycles. The van der Waals surface area contributed by atoms with Gasteiger partial charge in [0.2, 0.25) is 0 Å². The van der Waals surface area contributed by atoms with Crippen LogP contribution in [-0.2, 0) is 4.74 Å². The molecule has 1 saturated heterocycles. The molecular formula is C13H16O. The van der Waals surface area contributed by atoms with Crippen LogP contribution in [-0.4, -0.2) is 12.2 Å². The van der Waals surface area contributed by atoms with Gasteiger partial charge < -0.3 is 4.74 Å². The Kier molecular flexibility index (Phi) is 1.88. The van der Waals surface area contributed by atoms with Gasteiger partial charge in [-0.25, -0.2) is 0 Å². The zero-order chi connectivity index (χ0) is 9.43. The van der Waals surface area contributed by atoms with E-state index >= 15 is 0 Å². The van der Waals surface area contributed by atoms with Gasteiger partial charge in [-0.05, 0) is 18.4 Å². The standard InChI is InChI=1S/C13H16O/c1-2-6-11(7-3-1)12-8-4-5-9-13(12)10-14-13/h1-3,6-7,12H,4-5,8-10H2. The lowest BCUT2D eigenvalue weighted by atomic mass is 9.75. The van der Waals surface area contributed by atoms with Crippen molar-refractivity contribution in [3.8, 4) is 0 Å². The number of hydrogen-bond acceptors (Lipinski definition) is 1. The van der Waals surface area contributed by atoms with E-state index in [0.29, 0.717) is 5.92 Å². The molecule has 0 radical (unpaired) electrons. The van der Waals surface area contributed by atoms with E-state index in [0.717, 1.165) is 6.61 Å². The summed E-state index contributed by atoms with van der Waals surface area (Å²) in [7, 11) is 0. The lowest BCUT2D eigenvalue weighted by Crippen LogP contribution is -2.26. The van der Waals surface area contributed by atoms with E-state index in [2.05, 4.69) is 30.3 Å². The Hall–Kier alpha value is -0.820. The van der Waals surface area contributed by atoms with Crippen LogP contribution >= 0.6 is 0 Å². The van der Waals surface area contributed by atoms with E-state index in [9.17, 15) is 0 Å². The monoisotopic (exact) mass is 188 g/mol. The van der Waals surface area contributed by atoms with E-state index < -0.39 is 0 Å². The van der Waals surface area contributed by atoms with Gasteiger partial charge in [0.1, 0.15) is 0 Å². The second kappa shape index (κ2) is 3.09. The highest BCUT2D eigenvalue weighted by atomic mass is 16.6. The van der Waals surface area contributed by atoms with Gasteiger partial charge in [0.25, 0.3) is 0 Å². The summed E-state index contributed by atoms with van der Waals surface area (Å²) in [6.07, 6.45) is 5.30. The number of rotatable bonds is 1. The molecule has 3 rings (SSSR count). The van der Waals surface area contributed by atoms with Gasteiger partial charge in [0.05, 0.1) is 12.2 Å². The van der Waals surface area contributed by atoms with Crippen LogP contribution in [0.15, 0.2) is 30.3 Å². The summed E-state index contributed by atoms with van der Waals surface area (Å²) < 4.78 is 5.70. The third kappa shape index (κ3) is 1.27. The Bertz CT molecular complexity index is 313. The molecule has 0 aromatic heterocycles. The van der Waals surface area contributed by atoms with E-state index in [1.54, 1.807) is 0 Å². The number of ether oxygens (including phenoxy) is 1. The molecule has 1 spiro atoms. The van der Waals surface area contributed by atoms with Gasteiger partial charge >= 0.3 is 0 Å². The zero-order valence-corrected chi connectivity index (χ0v) is 8.41. The molecule has 1 aromatic rings. The van der Waals surface area contributed by atoms with E-state index in [1.807, 2.05) is 0 Å². The number of benzene rings is 1. The highest BCUT2D eigenvalue weighted by molar-refractivity contribution is 5.26. The summed E-state index contributed by atoms with van der Waals surface area (Å²) in [6.45, 7) is 0.993. The molecule has 1 nitrogen and oxygen atoms in total. The molecule has 0 N–H and O–H groups in total. The Morgan fingerprint density at radius 3 is 2.64 bits per heavy atom. The quantitative estimate of drug-likeness (QED) is 0.617. The SMILES string of the molecule is c1ccc(C2CCCCC23CO3)cc1. The average Bonchev–Trinajstić information content (AvgIpc) is 3.01. The summed E-state index contributed by atoms with van der Waals surface area (Å²) in [5.74, 6) is 0.664. The first-order chi connectivity index (χ1) is 6.91. The minimum Gasteiger partial charge on any atom is -0.369 e. The van der Waals surface area contributed by atoms with Gasteiger partial charge in [-0.1, -0.05) is 43.2 Å². The van der Waals surface area contributed by atoms with Crippen LogP contribution in [0.25, 0.3) is 0 Å². The van der Waals surface area contributed by atoms with Gasteiger partial charge in [-0.15, -0.1) is 0 Å². The smallest absolute Gasteiger partial charge is 0.0984 e. The van der Waals surface area contributed by atoms with Crippen LogP contribution < -0.4 is 0 Å². The van der Waals surface area contributed by atoms with E-state index in [4.69, 9.17) is 4.74 Å². The minimum atomic E-state index is 0.250. The Balaban J connectivity index is 1.90. The molecule has 2 unspecified atom stereocenters. The molecule has 14 heavy (non-hydrogen) atoms. The normalized spacial score (nSPS) is 35.9. The van der Waals surface area contributed by atoms with Gasteiger partial charge in [0, 0.05) is 5.92 Å². The molecule has 2 aliphatic rings. The second-order valence-corrected chi connectivity index (χ2v) is 4.56. The summed E-state index contributed by atoms with van der Waals surface area (Å²) in [5, 5.41) is 0. The molecular weight excluding hydrogens is 172 g/mol. The largest absolute Gasteiger partial charge is 0.369 e. The van der Waals surface area contributed by atoms with Crippen LogP contribution in [0, 0.1) is 0 Å². The molecule has 1 aliphatic heterocycles. The maximum Gasteiger partial charge on any atom is 0.0984 e. The fourth-order valence-corrected chi connectivity index (χ4v) is 2.80. The molecule has 74 valence electrons. The topological polar surface area (TPSA) is 12.5 Å². The molecule has 0 bridgehead atoms. The summed E-state index contributed by atoms with van der Waals surface area (Å²) in [6, 6.07) is 10.9. The average molecular weight is 188 g/mol. The van der Waals surface area contributed by atoms with Crippen molar-refractivity contribution in [1.29, 1.82) is 0 Å². The van der Waals surface area contributed by atoms with Crippen molar-refractivity contribution < 1.29 is 4.74 Å². The highest BCUT2D eigenvalue weighted by Gasteiger charge is 2.52. The Morgan fingerprint density at radius 1 is 1.14 bits per heavy atom. The highest BCUT2D eigenvalue weighted by Crippen LogP contribution is 2.50. The predicted octanol–water partition coefficient (Wildman–Crippen LogP) is 3.11. The number of epoxide rings is 1. The van der Waals surface area contributed by atoms with Crippen molar-refractivity contribution in [2.24, 2.45) is 0 Å². The lowest BCUT2D eigenvalue weighted by Gasteiger charge is -2.29. The maximum atomic E-state index is 5.70. The summed E-state index contributed by atoms with van der Waals surface area (Å²) >= 11 is 0. The fourth-order valence-electron chi connectivity index (χ4n) is 2.80. The predicted molar refractivity (Wildman–Crippen MR) is 56.3 cm³/mol. The molecule has 1 saturated carbocycles. The van der Waals surface area contributed by atoms with E-state index in [-0.39, 0.29) is 5.60 Å². The summed E-state index contributed by atoms with van der Waals surface area (Å²) in [4.78, 5) is 0. The van der Waals surface area contributed by atoms with Crippen molar-refractivity contribution in [1.82, 2.24) is 0 Å². The zero-order valence-electron chi connectivity index (χ0n) is 8.41. The van der Waals surface area contributed by atoms with Crippen molar-refractivity contribution in [3.05, 3.63) is 35.9 Å². The van der Waals surface area contributed by atoms with Gasteiger partial charge in [0.15, 0.2) is 0 Å². The maximum absolute atomic E-state index is 5.70. The second-order valence-electron chi connectivity index (χ2n) is 4.56. The number of hydrogen-bond donors (Lipinski definition) is 0. The van der Waals surface area contributed by atoms with Crippen molar-refractivity contribution in [3.63, 3.8) is 0 Å². The van der Waals surface area contributed by atoms with Crippen molar-refractivity contribution in [2.45, 2.75) is 37.2 Å². The van der Waals surface area contributed by atoms with Crippen LogP contribution in [0.3, 0.4) is 0 Å². The van der Waals surface area contributed by atoms with Gasteiger partial charge in [-0.3, -0.25) is 0 Å². The molecule has 2 fully saturated rings. The summed E-state index contributed by atoms with van der Waals surface area (Å²) in [5.41, 5.74) is 1.73. The molecule has 1 heteroatoms. The van der Waals surface area contributed by atoms with Crippen LogP contribution in [0.5, 0.6) is 0 Å². The first kappa shape index (κ1) is 8.49. The first-order valence-electron chi connectivity index (χ1n) is 5.60. The van der Waals surface area contributed by atoms with E-state index in [1.165, 1.54) is 31.2 Å². The molecule has 1 aliphatic carbocycles. The third-order valence-corrected chi connectivity index (χ3v) is 3.69. The van der Waals surface area contributed by atoms with Crippen LogP contribution in [0.2, 0.25) is 0 Å². The van der Waals surface area contributed by atoms with Crippen molar-refractivity contribution in [2.75, 3.05) is 6.61 Å². The third-order valence-electron chi connectivity index (χ3n) is 3.69. The van der Waals surface area contributed by atoms with Crippen LogP contribution in [0.1, 0.15) is 37.2 Å². The Labute approximate surface area is 85.1 Å². The van der Waals surface area contributed by atoms with Crippen LogP contribution in [0.4, 0.5) is 0 Å².